The van der Waals surface area contributed by atoms with Crippen LogP contribution in [0.1, 0.15) is 0 Å². The lowest BCUT2D eigenvalue weighted by atomic mass is 10.3. The molecule has 0 spiro atoms. The van der Waals surface area contributed by atoms with E-state index in [4.69, 9.17) is 0 Å². The number of carbonyl (C=O) groups is 1. The maximum Gasteiger partial charge on any atom is 0.471 e. The van der Waals surface area contributed by atoms with Crippen molar-refractivity contribution in [1.29, 1.82) is 0 Å². The molecule has 0 aliphatic carbocycles. The van der Waals surface area contributed by atoms with E-state index in [2.05, 4.69) is 0 Å². The number of hydrogen-bond donors (Lipinski definition) is 1. The van der Waals surface area contributed by atoms with Crippen LogP contribution in [-0.2, 0) is 4.79 Å². The van der Waals surface area contributed by atoms with E-state index in [0.29, 0.717) is 3.57 Å². The van der Waals surface area contributed by atoms with Gasteiger partial charge in [0.15, 0.2) is 0 Å². The molecule has 0 fully saturated rings. The Morgan fingerprint density at radius 2 is 1.93 bits per heavy atom. The standard InChI is InChI=1S/C8H4F4INO/c9-5-3-4(13)1-2-6(5)14-7(15)8(10,11)12/h1-3H,(H,14,15). The Balaban J connectivity index is 2.87. The van der Waals surface area contributed by atoms with Crippen molar-refractivity contribution in [2.45, 2.75) is 6.18 Å². The van der Waals surface area contributed by atoms with E-state index in [-0.39, 0.29) is 0 Å². The fourth-order valence-corrected chi connectivity index (χ4v) is 1.24. The van der Waals surface area contributed by atoms with Crippen LogP contribution in [0.15, 0.2) is 18.2 Å². The number of benzene rings is 1. The summed E-state index contributed by atoms with van der Waals surface area (Å²) in [5, 5.41) is 1.44. The van der Waals surface area contributed by atoms with Crippen molar-refractivity contribution >= 4 is 34.2 Å². The summed E-state index contributed by atoms with van der Waals surface area (Å²) in [6.07, 6.45) is -5.02. The molecular weight excluding hydrogens is 329 g/mol. The molecule has 1 aromatic carbocycles. The Bertz CT molecular complexity index is 391. The first kappa shape index (κ1) is 12.2. The maximum atomic E-state index is 13.0. The highest BCUT2D eigenvalue weighted by Gasteiger charge is 2.39. The van der Waals surface area contributed by atoms with Crippen LogP contribution in [0.2, 0.25) is 0 Å². The second kappa shape index (κ2) is 4.33. The molecule has 0 saturated carbocycles. The first-order chi connectivity index (χ1) is 6.80. The molecule has 1 amide bonds. The molecule has 0 aromatic heterocycles. The van der Waals surface area contributed by atoms with Crippen molar-refractivity contribution in [2.75, 3.05) is 5.32 Å². The Morgan fingerprint density at radius 1 is 1.33 bits per heavy atom. The third kappa shape index (κ3) is 3.33. The average molecular weight is 333 g/mol. The highest BCUT2D eigenvalue weighted by molar-refractivity contribution is 14.1. The zero-order chi connectivity index (χ0) is 11.6. The fourth-order valence-electron chi connectivity index (χ4n) is 0.784. The minimum absolute atomic E-state index is 0.488. The van der Waals surface area contributed by atoms with Crippen molar-refractivity contribution in [3.05, 3.63) is 27.6 Å². The van der Waals surface area contributed by atoms with Crippen molar-refractivity contribution in [1.82, 2.24) is 0 Å². The van der Waals surface area contributed by atoms with Gasteiger partial charge in [0.05, 0.1) is 5.69 Å². The quantitative estimate of drug-likeness (QED) is 0.621. The number of anilines is 1. The van der Waals surface area contributed by atoms with Gasteiger partial charge >= 0.3 is 12.1 Å². The van der Waals surface area contributed by atoms with Gasteiger partial charge in [-0.05, 0) is 40.8 Å². The summed E-state index contributed by atoms with van der Waals surface area (Å²) in [6, 6.07) is 3.48. The van der Waals surface area contributed by atoms with E-state index >= 15 is 0 Å². The lowest BCUT2D eigenvalue weighted by Crippen LogP contribution is -2.30. The Labute approximate surface area is 95.8 Å². The molecule has 0 heterocycles. The SMILES string of the molecule is O=C(Nc1ccc(I)cc1F)C(F)(F)F. The number of nitrogens with one attached hydrogen (secondary N) is 1. The zero-order valence-corrected chi connectivity index (χ0v) is 9.19. The normalized spacial score (nSPS) is 11.3. The number of amides is 1. The first-order valence-electron chi connectivity index (χ1n) is 3.64. The molecule has 2 nitrogen and oxygen atoms in total. The number of hydrogen-bond acceptors (Lipinski definition) is 1. The van der Waals surface area contributed by atoms with Crippen LogP contribution in [0.5, 0.6) is 0 Å². The lowest BCUT2D eigenvalue weighted by molar-refractivity contribution is -0.167. The summed E-state index contributed by atoms with van der Waals surface area (Å²) in [5.74, 6) is -3.10. The van der Waals surface area contributed by atoms with Crippen molar-refractivity contribution in [3.8, 4) is 0 Å². The van der Waals surface area contributed by atoms with Crippen LogP contribution in [0.25, 0.3) is 0 Å². The van der Waals surface area contributed by atoms with Crippen LogP contribution in [0, 0.1) is 9.39 Å². The van der Waals surface area contributed by atoms with E-state index in [0.717, 1.165) is 12.1 Å². The molecule has 0 radical (unpaired) electrons. The zero-order valence-electron chi connectivity index (χ0n) is 7.03. The minimum Gasteiger partial charge on any atom is -0.316 e. The van der Waals surface area contributed by atoms with Crippen molar-refractivity contribution in [2.24, 2.45) is 0 Å². The Morgan fingerprint density at radius 3 is 2.40 bits per heavy atom. The molecule has 0 unspecified atom stereocenters. The van der Waals surface area contributed by atoms with Gasteiger partial charge < -0.3 is 5.32 Å². The van der Waals surface area contributed by atoms with Gasteiger partial charge in [0.2, 0.25) is 0 Å². The first-order valence-corrected chi connectivity index (χ1v) is 4.72. The maximum absolute atomic E-state index is 13.0. The van der Waals surface area contributed by atoms with Gasteiger partial charge in [-0.25, -0.2) is 4.39 Å². The molecule has 1 N–H and O–H groups in total. The summed E-state index contributed by atoms with van der Waals surface area (Å²) >= 11 is 1.80. The smallest absolute Gasteiger partial charge is 0.316 e. The van der Waals surface area contributed by atoms with E-state index < -0.39 is 23.6 Å². The number of rotatable bonds is 1. The second-order valence-electron chi connectivity index (χ2n) is 2.58. The summed E-state index contributed by atoms with van der Waals surface area (Å²) in [7, 11) is 0. The predicted molar refractivity (Wildman–Crippen MR) is 53.8 cm³/mol. The van der Waals surface area contributed by atoms with Crippen LogP contribution in [0.3, 0.4) is 0 Å². The van der Waals surface area contributed by atoms with Crippen LogP contribution >= 0.6 is 22.6 Å². The van der Waals surface area contributed by atoms with Crippen LogP contribution in [-0.4, -0.2) is 12.1 Å². The van der Waals surface area contributed by atoms with E-state index in [1.165, 1.54) is 11.4 Å². The summed E-state index contributed by atoms with van der Waals surface area (Å²) in [5.41, 5.74) is -0.488. The van der Waals surface area contributed by atoms with Gasteiger partial charge in [0.1, 0.15) is 5.82 Å². The minimum atomic E-state index is -5.02. The van der Waals surface area contributed by atoms with Gasteiger partial charge in [-0.15, -0.1) is 0 Å². The second-order valence-corrected chi connectivity index (χ2v) is 3.82. The predicted octanol–water partition coefficient (Wildman–Crippen LogP) is 2.93. The van der Waals surface area contributed by atoms with Crippen LogP contribution < -0.4 is 5.32 Å². The number of alkyl halides is 3. The topological polar surface area (TPSA) is 29.1 Å². The molecular formula is C8H4F4INO. The number of carbonyl (C=O) groups excluding carboxylic acids is 1. The van der Waals surface area contributed by atoms with Crippen molar-refractivity contribution in [3.63, 3.8) is 0 Å². The molecule has 1 aromatic rings. The molecule has 0 atom stereocenters. The molecule has 15 heavy (non-hydrogen) atoms. The third-order valence-corrected chi connectivity index (χ3v) is 2.11. The van der Waals surface area contributed by atoms with E-state index in [9.17, 15) is 22.4 Å². The highest BCUT2D eigenvalue weighted by Crippen LogP contribution is 2.21. The van der Waals surface area contributed by atoms with Crippen LogP contribution in [0.4, 0.5) is 23.2 Å². The molecule has 1 rings (SSSR count). The Kier molecular flexibility index (Phi) is 3.53. The van der Waals surface area contributed by atoms with E-state index in [1.54, 1.807) is 22.6 Å². The van der Waals surface area contributed by atoms with Gasteiger partial charge in [0, 0.05) is 3.57 Å². The molecule has 0 saturated heterocycles. The molecule has 7 heteroatoms. The third-order valence-electron chi connectivity index (χ3n) is 1.44. The molecule has 0 aliphatic heterocycles. The van der Waals surface area contributed by atoms with Gasteiger partial charge in [0.25, 0.3) is 0 Å². The summed E-state index contributed by atoms with van der Waals surface area (Å²) in [4.78, 5) is 10.5. The molecule has 82 valence electrons. The van der Waals surface area contributed by atoms with Crippen molar-refractivity contribution < 1.29 is 22.4 Å². The van der Waals surface area contributed by atoms with Gasteiger partial charge in [-0.3, -0.25) is 4.79 Å². The Hall–Kier alpha value is -0.860. The van der Waals surface area contributed by atoms with Gasteiger partial charge in [-0.1, -0.05) is 0 Å². The summed E-state index contributed by atoms with van der Waals surface area (Å²) in [6.45, 7) is 0. The average Bonchev–Trinajstić information content (AvgIpc) is 2.08. The number of halogens is 5. The monoisotopic (exact) mass is 333 g/mol. The fraction of sp³-hybridized carbons (Fsp3) is 0.125. The van der Waals surface area contributed by atoms with Gasteiger partial charge in [-0.2, -0.15) is 13.2 Å². The lowest BCUT2D eigenvalue weighted by Gasteiger charge is -2.08. The molecule has 0 bridgehead atoms. The highest BCUT2D eigenvalue weighted by atomic mass is 127. The van der Waals surface area contributed by atoms with E-state index in [1.807, 2.05) is 0 Å². The summed E-state index contributed by atoms with van der Waals surface area (Å²) < 4.78 is 49.0. The molecule has 0 aliphatic rings. The largest absolute Gasteiger partial charge is 0.471 e.